The van der Waals surface area contributed by atoms with Crippen molar-refractivity contribution in [3.05, 3.63) is 0 Å². The topological polar surface area (TPSA) is 52.6 Å². The zero-order valence-electron chi connectivity index (χ0n) is 12.2. The number of rotatable bonds is 9. The first-order valence-corrected chi connectivity index (χ1v) is 7.19. The molecule has 0 heterocycles. The van der Waals surface area contributed by atoms with Crippen molar-refractivity contribution in [2.45, 2.75) is 58.5 Å². The van der Waals surface area contributed by atoms with Crippen LogP contribution in [-0.2, 0) is 4.79 Å². The van der Waals surface area contributed by atoms with E-state index < -0.39 is 11.5 Å². The summed E-state index contributed by atoms with van der Waals surface area (Å²) in [5.41, 5.74) is -0.751. The highest BCUT2D eigenvalue weighted by Crippen LogP contribution is 2.40. The van der Waals surface area contributed by atoms with Crippen LogP contribution in [0.25, 0.3) is 0 Å². The molecule has 1 atom stereocenters. The molecule has 0 aromatic carbocycles. The van der Waals surface area contributed by atoms with Crippen LogP contribution in [0.1, 0.15) is 47.0 Å². The first-order valence-electron chi connectivity index (χ1n) is 7.19. The summed E-state index contributed by atoms with van der Waals surface area (Å²) in [6.45, 7) is 10.8. The maximum Gasteiger partial charge on any atom is 0.325 e. The highest BCUT2D eigenvalue weighted by molar-refractivity contribution is 5.80. The van der Waals surface area contributed by atoms with E-state index in [2.05, 4.69) is 24.1 Å². The number of nitrogens with one attached hydrogen (secondary N) is 1. The Morgan fingerprint density at radius 3 is 2.39 bits per heavy atom. The van der Waals surface area contributed by atoms with Crippen LogP contribution in [0.2, 0.25) is 0 Å². The number of carboxylic acids is 1. The molecule has 1 unspecified atom stereocenters. The number of aliphatic carboxylic acids is 1. The molecule has 0 aromatic heterocycles. The quantitative estimate of drug-likeness (QED) is 0.662. The van der Waals surface area contributed by atoms with Crippen LogP contribution in [0.15, 0.2) is 0 Å². The lowest BCUT2D eigenvalue weighted by Gasteiger charge is -2.37. The Bertz CT molecular complexity index is 277. The molecule has 0 aromatic rings. The molecule has 1 aliphatic carbocycles. The Hall–Kier alpha value is -0.610. The molecule has 0 radical (unpaired) electrons. The summed E-state index contributed by atoms with van der Waals surface area (Å²) in [5.74, 6) is -0.392. The van der Waals surface area contributed by atoms with Crippen LogP contribution >= 0.6 is 0 Å². The monoisotopic (exact) mass is 256 g/mol. The second kappa shape index (κ2) is 6.53. The zero-order chi connectivity index (χ0) is 13.8. The van der Waals surface area contributed by atoms with Crippen LogP contribution in [0, 0.1) is 5.92 Å². The van der Waals surface area contributed by atoms with Crippen LogP contribution in [0.3, 0.4) is 0 Å². The van der Waals surface area contributed by atoms with Gasteiger partial charge in [-0.3, -0.25) is 10.1 Å². The summed E-state index contributed by atoms with van der Waals surface area (Å²) in [5, 5.41) is 13.0. The maximum absolute atomic E-state index is 11.8. The van der Waals surface area contributed by atoms with Crippen LogP contribution in [0.4, 0.5) is 0 Å². The lowest BCUT2D eigenvalue weighted by atomic mass is 9.91. The number of hydrogen-bond acceptors (Lipinski definition) is 3. The molecule has 106 valence electrons. The number of carboxylic acid groups (broad SMARTS) is 1. The van der Waals surface area contributed by atoms with Gasteiger partial charge in [0.25, 0.3) is 0 Å². The Kier molecular flexibility index (Phi) is 5.60. The molecule has 4 nitrogen and oxygen atoms in total. The predicted octanol–water partition coefficient (Wildman–Crippen LogP) is 1.95. The summed E-state index contributed by atoms with van der Waals surface area (Å²) in [4.78, 5) is 14.1. The molecule has 0 amide bonds. The van der Waals surface area contributed by atoms with Crippen molar-refractivity contribution < 1.29 is 9.90 Å². The van der Waals surface area contributed by atoms with Gasteiger partial charge < -0.3 is 10.0 Å². The van der Waals surface area contributed by atoms with Crippen molar-refractivity contribution in [3.63, 3.8) is 0 Å². The fraction of sp³-hybridized carbons (Fsp3) is 0.929. The van der Waals surface area contributed by atoms with Crippen LogP contribution in [0.5, 0.6) is 0 Å². The van der Waals surface area contributed by atoms with Gasteiger partial charge in [0.15, 0.2) is 0 Å². The average Bonchev–Trinajstić information content (AvgIpc) is 3.10. The van der Waals surface area contributed by atoms with Crippen molar-refractivity contribution >= 4 is 5.97 Å². The molecule has 0 bridgehead atoms. The Balaban J connectivity index is 2.83. The van der Waals surface area contributed by atoms with Gasteiger partial charge >= 0.3 is 5.97 Å². The summed E-state index contributed by atoms with van der Waals surface area (Å²) in [6.07, 6.45) is 3.14. The minimum Gasteiger partial charge on any atom is -0.480 e. The third-order valence-corrected chi connectivity index (χ3v) is 3.66. The molecule has 0 saturated heterocycles. The fourth-order valence-electron chi connectivity index (χ4n) is 2.71. The summed E-state index contributed by atoms with van der Waals surface area (Å²) < 4.78 is 0. The molecule has 2 N–H and O–H groups in total. The molecule has 1 aliphatic rings. The highest BCUT2D eigenvalue weighted by atomic mass is 16.4. The van der Waals surface area contributed by atoms with Gasteiger partial charge in [-0.25, -0.2) is 0 Å². The van der Waals surface area contributed by atoms with E-state index in [1.807, 2.05) is 13.8 Å². The summed E-state index contributed by atoms with van der Waals surface area (Å²) in [7, 11) is 0. The lowest BCUT2D eigenvalue weighted by Crippen LogP contribution is -2.62. The molecule has 1 saturated carbocycles. The third-order valence-electron chi connectivity index (χ3n) is 3.66. The van der Waals surface area contributed by atoms with Gasteiger partial charge in [-0.15, -0.1) is 0 Å². The fourth-order valence-corrected chi connectivity index (χ4v) is 2.71. The SMILES string of the molecule is CCCN(CC)CC(NC(C)C)(C(=O)O)C1CC1. The van der Waals surface area contributed by atoms with Gasteiger partial charge in [-0.1, -0.05) is 13.8 Å². The smallest absolute Gasteiger partial charge is 0.325 e. The standard InChI is InChI=1S/C14H28N2O2/c1-5-9-16(6-2)10-14(13(17)18,12-7-8-12)15-11(3)4/h11-12,15H,5-10H2,1-4H3,(H,17,18). The van der Waals surface area contributed by atoms with E-state index in [-0.39, 0.29) is 6.04 Å². The van der Waals surface area contributed by atoms with Crippen molar-refractivity contribution in [1.82, 2.24) is 10.2 Å². The van der Waals surface area contributed by atoms with E-state index in [1.54, 1.807) is 0 Å². The zero-order valence-corrected chi connectivity index (χ0v) is 12.2. The molecule has 4 heteroatoms. The number of likely N-dealkylation sites (N-methyl/N-ethyl adjacent to an activating group) is 1. The van der Waals surface area contributed by atoms with Crippen molar-refractivity contribution in [3.8, 4) is 0 Å². The van der Waals surface area contributed by atoms with Crippen LogP contribution in [-0.4, -0.2) is 47.2 Å². The normalized spacial score (nSPS) is 19.2. The first-order chi connectivity index (χ1) is 8.46. The molecular formula is C14H28N2O2. The van der Waals surface area contributed by atoms with Crippen molar-refractivity contribution in [1.29, 1.82) is 0 Å². The van der Waals surface area contributed by atoms with Gasteiger partial charge in [-0.2, -0.15) is 0 Å². The second-order valence-electron chi connectivity index (χ2n) is 5.72. The highest BCUT2D eigenvalue weighted by Gasteiger charge is 2.52. The number of carbonyl (C=O) groups is 1. The van der Waals surface area contributed by atoms with Crippen LogP contribution < -0.4 is 5.32 Å². The molecule has 0 aliphatic heterocycles. The molecule has 1 fully saturated rings. The molecule has 18 heavy (non-hydrogen) atoms. The van der Waals surface area contributed by atoms with E-state index in [0.29, 0.717) is 12.5 Å². The lowest BCUT2D eigenvalue weighted by molar-refractivity contribution is -0.147. The summed E-state index contributed by atoms with van der Waals surface area (Å²) >= 11 is 0. The van der Waals surface area contributed by atoms with Gasteiger partial charge in [0.1, 0.15) is 5.54 Å². The van der Waals surface area contributed by atoms with Gasteiger partial charge in [0, 0.05) is 12.6 Å². The van der Waals surface area contributed by atoms with Gasteiger partial charge in [0.2, 0.25) is 0 Å². The van der Waals surface area contributed by atoms with Gasteiger partial charge in [-0.05, 0) is 52.1 Å². The minimum absolute atomic E-state index is 0.196. The number of hydrogen-bond donors (Lipinski definition) is 2. The molecular weight excluding hydrogens is 228 g/mol. The van der Waals surface area contributed by atoms with E-state index in [9.17, 15) is 9.90 Å². The predicted molar refractivity (Wildman–Crippen MR) is 73.8 cm³/mol. The van der Waals surface area contributed by atoms with Crippen molar-refractivity contribution in [2.24, 2.45) is 5.92 Å². The number of nitrogens with zero attached hydrogens (tertiary/aromatic N) is 1. The molecule has 0 spiro atoms. The largest absolute Gasteiger partial charge is 0.480 e. The Labute approximate surface area is 111 Å². The third kappa shape index (κ3) is 3.69. The van der Waals surface area contributed by atoms with E-state index >= 15 is 0 Å². The Morgan fingerprint density at radius 1 is 1.44 bits per heavy atom. The van der Waals surface area contributed by atoms with E-state index in [1.165, 1.54) is 0 Å². The maximum atomic E-state index is 11.8. The first kappa shape index (κ1) is 15.4. The average molecular weight is 256 g/mol. The molecule has 1 rings (SSSR count). The second-order valence-corrected chi connectivity index (χ2v) is 5.72. The van der Waals surface area contributed by atoms with Gasteiger partial charge in [0.05, 0.1) is 0 Å². The van der Waals surface area contributed by atoms with E-state index in [0.717, 1.165) is 32.4 Å². The Morgan fingerprint density at radius 2 is 2.06 bits per heavy atom. The van der Waals surface area contributed by atoms with E-state index in [4.69, 9.17) is 0 Å². The minimum atomic E-state index is -0.751. The summed E-state index contributed by atoms with van der Waals surface area (Å²) in [6, 6.07) is 0.196. The van der Waals surface area contributed by atoms with Crippen molar-refractivity contribution in [2.75, 3.05) is 19.6 Å².